The maximum atomic E-state index is 12.7. The third kappa shape index (κ3) is 3.84. The van der Waals surface area contributed by atoms with Gasteiger partial charge in [0.15, 0.2) is 4.34 Å². The van der Waals surface area contributed by atoms with Crippen LogP contribution in [0, 0.1) is 0 Å². The van der Waals surface area contributed by atoms with Gasteiger partial charge in [0.2, 0.25) is 11.0 Å². The van der Waals surface area contributed by atoms with E-state index in [-0.39, 0.29) is 11.2 Å². The van der Waals surface area contributed by atoms with Gasteiger partial charge in [-0.1, -0.05) is 47.4 Å². The van der Waals surface area contributed by atoms with E-state index < -0.39 is 0 Å². The zero-order chi connectivity index (χ0) is 16.2. The van der Waals surface area contributed by atoms with Crippen molar-refractivity contribution in [1.29, 1.82) is 0 Å². The fourth-order valence-electron chi connectivity index (χ4n) is 2.62. The Bertz CT molecular complexity index is 688. The summed E-state index contributed by atoms with van der Waals surface area (Å²) < 4.78 is 0.833. The summed E-state index contributed by atoms with van der Waals surface area (Å²) in [4.78, 5) is 14.6. The van der Waals surface area contributed by atoms with Crippen LogP contribution in [0.4, 0.5) is 5.13 Å². The van der Waals surface area contributed by atoms with Gasteiger partial charge in [-0.05, 0) is 31.4 Å². The summed E-state index contributed by atoms with van der Waals surface area (Å²) in [6.45, 7) is 6.29. The summed E-state index contributed by atoms with van der Waals surface area (Å²) in [5, 5.41) is 12.0. The Balaban J connectivity index is 1.61. The molecular formula is C16H20N4OS2. The van der Waals surface area contributed by atoms with E-state index in [9.17, 15) is 4.79 Å². The Morgan fingerprint density at radius 2 is 2.17 bits per heavy atom. The smallest absolute Gasteiger partial charge is 0.236 e. The minimum atomic E-state index is -0.150. The van der Waals surface area contributed by atoms with Gasteiger partial charge in [0.25, 0.3) is 0 Å². The molecule has 0 spiro atoms. The molecule has 1 N–H and O–H groups in total. The van der Waals surface area contributed by atoms with E-state index in [4.69, 9.17) is 0 Å². The van der Waals surface area contributed by atoms with Crippen LogP contribution in [-0.2, 0) is 17.8 Å². The maximum absolute atomic E-state index is 12.7. The van der Waals surface area contributed by atoms with Crippen LogP contribution in [0.1, 0.15) is 25.0 Å². The van der Waals surface area contributed by atoms with Crippen LogP contribution in [0.5, 0.6) is 0 Å². The number of nitrogens with zero attached hydrogens (tertiary/aromatic N) is 3. The number of amides is 1. The van der Waals surface area contributed by atoms with Gasteiger partial charge in [-0.15, -0.1) is 10.2 Å². The lowest BCUT2D eigenvalue weighted by molar-refractivity contribution is -0.131. The summed E-state index contributed by atoms with van der Waals surface area (Å²) in [5.41, 5.74) is 2.62. The van der Waals surface area contributed by atoms with Crippen LogP contribution in [0.15, 0.2) is 28.6 Å². The predicted octanol–water partition coefficient (Wildman–Crippen LogP) is 3.04. The number of nitrogens with one attached hydrogen (secondary N) is 1. The summed E-state index contributed by atoms with van der Waals surface area (Å²) in [7, 11) is 0. The van der Waals surface area contributed by atoms with Gasteiger partial charge in [0.1, 0.15) is 0 Å². The Hall–Kier alpha value is -1.60. The zero-order valence-corrected chi connectivity index (χ0v) is 14.9. The molecule has 2 aromatic rings. The zero-order valence-electron chi connectivity index (χ0n) is 13.3. The molecule has 1 aromatic carbocycles. The third-order valence-electron chi connectivity index (χ3n) is 3.80. The highest BCUT2D eigenvalue weighted by atomic mass is 32.2. The third-order valence-corrected chi connectivity index (χ3v) is 5.85. The van der Waals surface area contributed by atoms with Crippen molar-refractivity contribution in [3.05, 3.63) is 35.4 Å². The summed E-state index contributed by atoms with van der Waals surface area (Å²) in [6.07, 6.45) is 0.933. The number of hydrogen-bond donors (Lipinski definition) is 1. The van der Waals surface area contributed by atoms with E-state index in [2.05, 4.69) is 33.7 Å². The van der Waals surface area contributed by atoms with E-state index in [0.717, 1.165) is 29.0 Å². The number of rotatable bonds is 5. The Labute approximate surface area is 144 Å². The van der Waals surface area contributed by atoms with Crippen molar-refractivity contribution in [2.45, 2.75) is 36.4 Å². The number of carbonyl (C=O) groups is 1. The van der Waals surface area contributed by atoms with Crippen molar-refractivity contribution >= 4 is 34.1 Å². The molecule has 0 unspecified atom stereocenters. The van der Waals surface area contributed by atoms with E-state index in [1.165, 1.54) is 34.2 Å². The molecule has 7 heteroatoms. The topological polar surface area (TPSA) is 58.1 Å². The molecule has 1 amide bonds. The van der Waals surface area contributed by atoms with Crippen LogP contribution in [0.3, 0.4) is 0 Å². The van der Waals surface area contributed by atoms with E-state index in [1.807, 2.05) is 24.8 Å². The van der Waals surface area contributed by atoms with Crippen molar-refractivity contribution in [3.63, 3.8) is 0 Å². The van der Waals surface area contributed by atoms with Gasteiger partial charge in [0, 0.05) is 19.6 Å². The summed E-state index contributed by atoms with van der Waals surface area (Å²) in [5.74, 6) is 0.171. The predicted molar refractivity (Wildman–Crippen MR) is 95.0 cm³/mol. The average Bonchev–Trinajstić information content (AvgIpc) is 3.01. The van der Waals surface area contributed by atoms with Crippen molar-refractivity contribution in [2.24, 2.45) is 0 Å². The number of benzene rings is 1. The van der Waals surface area contributed by atoms with Crippen molar-refractivity contribution in [3.8, 4) is 0 Å². The second kappa shape index (κ2) is 7.31. The van der Waals surface area contributed by atoms with Gasteiger partial charge in [-0.2, -0.15) is 0 Å². The highest BCUT2D eigenvalue weighted by Gasteiger charge is 2.26. The number of hydrogen-bond acceptors (Lipinski definition) is 6. The van der Waals surface area contributed by atoms with Crippen LogP contribution >= 0.6 is 23.1 Å². The fraction of sp³-hybridized carbons (Fsp3) is 0.438. The lowest BCUT2D eigenvalue weighted by Crippen LogP contribution is -2.40. The van der Waals surface area contributed by atoms with Gasteiger partial charge >= 0.3 is 0 Å². The molecule has 1 aliphatic rings. The lowest BCUT2D eigenvalue weighted by atomic mass is 10.00. The van der Waals surface area contributed by atoms with Crippen LogP contribution in [0.2, 0.25) is 0 Å². The molecule has 3 rings (SSSR count). The first-order valence-electron chi connectivity index (χ1n) is 7.77. The number of carbonyl (C=O) groups excluding carboxylic acids is 1. The number of fused-ring (bicyclic) bond motifs is 1. The molecule has 5 nitrogen and oxygen atoms in total. The summed E-state index contributed by atoms with van der Waals surface area (Å²) >= 11 is 2.98. The molecule has 0 aliphatic carbocycles. The second-order valence-electron chi connectivity index (χ2n) is 5.44. The second-order valence-corrected chi connectivity index (χ2v) is 8.01. The van der Waals surface area contributed by atoms with Crippen molar-refractivity contribution in [2.75, 3.05) is 18.4 Å². The molecule has 2 heterocycles. The van der Waals surface area contributed by atoms with E-state index in [0.29, 0.717) is 6.54 Å². The van der Waals surface area contributed by atoms with Crippen molar-refractivity contribution in [1.82, 2.24) is 15.1 Å². The molecule has 0 fully saturated rings. The van der Waals surface area contributed by atoms with Crippen molar-refractivity contribution < 1.29 is 4.79 Å². The molecular weight excluding hydrogens is 328 g/mol. The quantitative estimate of drug-likeness (QED) is 0.842. The Morgan fingerprint density at radius 3 is 2.96 bits per heavy atom. The molecule has 1 aromatic heterocycles. The van der Waals surface area contributed by atoms with Gasteiger partial charge in [0.05, 0.1) is 5.25 Å². The minimum absolute atomic E-state index is 0.150. The minimum Gasteiger partial charge on any atom is -0.360 e. The molecule has 0 bridgehead atoms. The molecule has 0 saturated carbocycles. The number of aromatic nitrogens is 2. The first-order valence-corrected chi connectivity index (χ1v) is 9.46. The molecule has 0 saturated heterocycles. The van der Waals surface area contributed by atoms with Crippen LogP contribution < -0.4 is 5.32 Å². The van der Waals surface area contributed by atoms with Gasteiger partial charge in [-0.3, -0.25) is 4.79 Å². The van der Waals surface area contributed by atoms with Crippen LogP contribution in [0.25, 0.3) is 0 Å². The van der Waals surface area contributed by atoms with E-state index in [1.54, 1.807) is 0 Å². The average molecular weight is 348 g/mol. The first kappa shape index (κ1) is 16.3. The standard InChI is InChI=1S/C16H20N4OS2/c1-3-17-15-18-19-16(23-15)22-11(2)14(21)20-9-8-12-6-4-5-7-13(12)10-20/h4-7,11H,3,8-10H2,1-2H3,(H,17,18)/t11-/m0/s1. The molecule has 1 atom stereocenters. The Morgan fingerprint density at radius 1 is 1.39 bits per heavy atom. The molecule has 122 valence electrons. The highest BCUT2D eigenvalue weighted by molar-refractivity contribution is 8.02. The molecule has 1 aliphatic heterocycles. The summed E-state index contributed by atoms with van der Waals surface area (Å²) in [6, 6.07) is 8.36. The monoisotopic (exact) mass is 348 g/mol. The van der Waals surface area contributed by atoms with Gasteiger partial charge in [-0.25, -0.2) is 0 Å². The SMILES string of the molecule is CCNc1nnc(S[C@@H](C)C(=O)N2CCc3ccccc3C2)s1. The molecule has 23 heavy (non-hydrogen) atoms. The largest absolute Gasteiger partial charge is 0.360 e. The lowest BCUT2D eigenvalue weighted by Gasteiger charge is -2.30. The first-order chi connectivity index (χ1) is 11.2. The van der Waals surface area contributed by atoms with E-state index >= 15 is 0 Å². The van der Waals surface area contributed by atoms with Crippen LogP contribution in [-0.4, -0.2) is 39.3 Å². The number of anilines is 1. The highest BCUT2D eigenvalue weighted by Crippen LogP contribution is 2.30. The Kier molecular flexibility index (Phi) is 5.17. The fourth-order valence-corrected chi connectivity index (χ4v) is 4.67. The number of thioether (sulfide) groups is 1. The normalized spacial score (nSPS) is 15.1. The maximum Gasteiger partial charge on any atom is 0.236 e. The van der Waals surface area contributed by atoms with Gasteiger partial charge < -0.3 is 10.2 Å². The molecule has 0 radical (unpaired) electrons.